The zero-order valence-corrected chi connectivity index (χ0v) is 14.0. The molecule has 0 aliphatic rings. The standard InChI is InChI=1S/C7H6Se.5CO.W/c8-6-7-4-2-1-3-5-7;5*1-2;/h1-6H;;;;;;. The van der Waals surface area contributed by atoms with Crippen LogP contribution in [0.25, 0.3) is 0 Å². The van der Waals surface area contributed by atoms with Crippen LogP contribution in [-0.2, 0) is 44.3 Å². The van der Waals surface area contributed by atoms with Gasteiger partial charge < -0.3 is 0 Å². The van der Waals surface area contributed by atoms with E-state index in [1.807, 2.05) is 23.1 Å². The van der Waals surface area contributed by atoms with Gasteiger partial charge in [0.15, 0.2) is 0 Å². The minimum atomic E-state index is 0. The van der Waals surface area contributed by atoms with Gasteiger partial charge in [0.1, 0.15) is 0 Å². The molecule has 7 heteroatoms. The molecule has 0 saturated heterocycles. The summed E-state index contributed by atoms with van der Waals surface area (Å²) in [5, 5.41) is 0. The fraction of sp³-hybridized carbons (Fsp3) is 0. The summed E-state index contributed by atoms with van der Waals surface area (Å²) in [6, 6.07) is 10.1. The Bertz CT molecular complexity index is 319. The van der Waals surface area contributed by atoms with Crippen LogP contribution in [0.1, 0.15) is 5.56 Å². The molecule has 96 valence electrons. The van der Waals surface area contributed by atoms with Crippen LogP contribution in [0.5, 0.6) is 0 Å². The van der Waals surface area contributed by atoms with Gasteiger partial charge in [-0.25, -0.2) is 0 Å². The van der Waals surface area contributed by atoms with E-state index in [1.165, 1.54) is 5.56 Å². The Morgan fingerprint density at radius 3 is 1.11 bits per heavy atom. The van der Waals surface area contributed by atoms with Crippen molar-refractivity contribution >= 4 is 20.5 Å². The molecule has 0 heterocycles. The summed E-state index contributed by atoms with van der Waals surface area (Å²) in [6.45, 7) is 22.5. The topological polar surface area (TPSA) is 99.5 Å². The second-order valence-electron chi connectivity index (χ2n) is 1.53. The maximum absolute atomic E-state index is 7.50. The number of hydrogen-bond donors (Lipinski definition) is 0. The fourth-order valence-electron chi connectivity index (χ4n) is 0.532. The predicted molar refractivity (Wildman–Crippen MR) is 57.0 cm³/mol. The second-order valence-corrected chi connectivity index (χ2v) is 2.02. The van der Waals surface area contributed by atoms with Crippen molar-refractivity contribution in [3.05, 3.63) is 69.1 Å². The number of hydrogen-bond acceptors (Lipinski definition) is 0. The molecule has 5 nitrogen and oxygen atoms in total. The van der Waals surface area contributed by atoms with E-state index in [4.69, 9.17) is 23.3 Å². The summed E-state index contributed by atoms with van der Waals surface area (Å²) < 4.78 is 37.5. The van der Waals surface area contributed by atoms with Crippen molar-refractivity contribution in [2.24, 2.45) is 0 Å². The monoisotopic (exact) mass is 494 g/mol. The van der Waals surface area contributed by atoms with E-state index in [0.717, 1.165) is 0 Å². The van der Waals surface area contributed by atoms with Gasteiger partial charge in [-0.15, -0.1) is 0 Å². The molecule has 19 heavy (non-hydrogen) atoms. The Labute approximate surface area is 134 Å². The van der Waals surface area contributed by atoms with Crippen LogP contribution in [0, 0.1) is 33.3 Å². The molecule has 0 aliphatic heterocycles. The van der Waals surface area contributed by atoms with E-state index >= 15 is 0 Å². The molecule has 0 spiro atoms. The van der Waals surface area contributed by atoms with E-state index in [1.54, 1.807) is 0 Å². The molecule has 0 N–H and O–H groups in total. The van der Waals surface area contributed by atoms with E-state index in [0.29, 0.717) is 0 Å². The van der Waals surface area contributed by atoms with Crippen LogP contribution in [0.4, 0.5) is 0 Å². The molecule has 0 saturated carbocycles. The normalized spacial score (nSPS) is 4.11. The quantitative estimate of drug-likeness (QED) is 0.315. The maximum atomic E-state index is 7.50. The summed E-state index contributed by atoms with van der Waals surface area (Å²) in [5.74, 6) is 0. The SMILES string of the molecule is [C-]#[O+].[C-]#[O+].[C-]#[O+].[C-]#[O+].[C-]#[O+].[Se]=Cc1ccccc1.[W]. The zero-order valence-electron chi connectivity index (χ0n) is 9.32. The summed E-state index contributed by atoms with van der Waals surface area (Å²) >= 11 is 2.83. The molecule has 0 bridgehead atoms. The Morgan fingerprint density at radius 2 is 0.947 bits per heavy atom. The molecule has 1 aromatic rings. The molecule has 0 amide bonds. The van der Waals surface area contributed by atoms with Gasteiger partial charge in [0.05, 0.1) is 0 Å². The van der Waals surface area contributed by atoms with E-state index in [9.17, 15) is 0 Å². The van der Waals surface area contributed by atoms with Gasteiger partial charge in [-0.1, -0.05) is 0 Å². The van der Waals surface area contributed by atoms with Crippen molar-refractivity contribution in [2.45, 2.75) is 0 Å². The number of benzene rings is 1. The molecule has 0 radical (unpaired) electrons. The molecule has 0 aromatic heterocycles. The van der Waals surface area contributed by atoms with Crippen molar-refractivity contribution in [2.75, 3.05) is 0 Å². The third kappa shape index (κ3) is 47.2. The smallest absolute Gasteiger partial charge is 0 e. The molecule has 1 rings (SSSR count). The minimum absolute atomic E-state index is 0. The van der Waals surface area contributed by atoms with Gasteiger partial charge >= 0.3 is 113 Å². The average Bonchev–Trinajstić information content (AvgIpc) is 2.57. The zero-order chi connectivity index (χ0) is 15.8. The molecule has 0 unspecified atom stereocenters. The van der Waals surface area contributed by atoms with Gasteiger partial charge in [0, 0.05) is 21.1 Å². The van der Waals surface area contributed by atoms with E-state index in [2.05, 4.69) is 61.0 Å². The fourth-order valence-corrected chi connectivity index (χ4v) is 0.861. The molecular formula is C12H6O5SeW. The Balaban J connectivity index is -0.0000000332. The van der Waals surface area contributed by atoms with Gasteiger partial charge in [-0.05, 0) is 0 Å². The molecule has 0 atom stereocenters. The van der Waals surface area contributed by atoms with Gasteiger partial charge in [-0.2, -0.15) is 0 Å². The van der Waals surface area contributed by atoms with E-state index in [-0.39, 0.29) is 21.1 Å². The molecule has 1 aromatic carbocycles. The van der Waals surface area contributed by atoms with Gasteiger partial charge in [0.2, 0.25) is 0 Å². The third-order valence-corrected chi connectivity index (χ3v) is 1.51. The van der Waals surface area contributed by atoms with Gasteiger partial charge in [-0.3, -0.25) is 0 Å². The van der Waals surface area contributed by atoms with Gasteiger partial charge in [0.25, 0.3) is 0 Å². The summed E-state index contributed by atoms with van der Waals surface area (Å²) in [6.07, 6.45) is 0. The predicted octanol–water partition coefficient (Wildman–Crippen LogP) is 0.815. The third-order valence-electron chi connectivity index (χ3n) is 0.936. The summed E-state index contributed by atoms with van der Waals surface area (Å²) in [7, 11) is 0. The van der Waals surface area contributed by atoms with Crippen LogP contribution in [0.2, 0.25) is 0 Å². The largest absolute Gasteiger partial charge is 0 e. The molecule has 0 aliphatic carbocycles. The first-order chi connectivity index (χ1) is 8.93. The van der Waals surface area contributed by atoms with Crippen LogP contribution in [0.15, 0.2) is 30.3 Å². The van der Waals surface area contributed by atoms with Crippen molar-refractivity contribution in [1.29, 1.82) is 0 Å². The summed E-state index contributed by atoms with van der Waals surface area (Å²) in [4.78, 5) is 1.96. The van der Waals surface area contributed by atoms with Crippen molar-refractivity contribution in [3.8, 4) is 0 Å². The van der Waals surface area contributed by atoms with Crippen LogP contribution in [0.3, 0.4) is 0 Å². The van der Waals surface area contributed by atoms with Crippen LogP contribution in [-0.4, -0.2) is 20.5 Å². The first-order valence-electron chi connectivity index (χ1n) is 3.46. The second kappa shape index (κ2) is 68.0. The van der Waals surface area contributed by atoms with Crippen LogP contribution < -0.4 is 0 Å². The Kier molecular flexibility index (Phi) is 129. The van der Waals surface area contributed by atoms with Crippen molar-refractivity contribution < 1.29 is 44.3 Å². The Morgan fingerprint density at radius 1 is 0.684 bits per heavy atom. The molecular weight excluding hydrogens is 487 g/mol. The van der Waals surface area contributed by atoms with E-state index < -0.39 is 0 Å². The first-order valence-corrected chi connectivity index (χ1v) is 4.44. The Hall–Kier alpha value is -1.00. The maximum Gasteiger partial charge on any atom is 0 e. The van der Waals surface area contributed by atoms with Crippen molar-refractivity contribution in [3.63, 3.8) is 0 Å². The first kappa shape index (κ1) is 36.1. The number of rotatable bonds is 1. The average molecular weight is 493 g/mol. The summed E-state index contributed by atoms with van der Waals surface area (Å²) in [5.41, 5.74) is 1.23. The minimum Gasteiger partial charge on any atom is 0 e. The molecule has 0 fully saturated rings. The van der Waals surface area contributed by atoms with Crippen molar-refractivity contribution in [1.82, 2.24) is 0 Å². The van der Waals surface area contributed by atoms with Crippen LogP contribution >= 0.6 is 0 Å².